The van der Waals surface area contributed by atoms with E-state index in [1.54, 1.807) is 18.2 Å². The predicted molar refractivity (Wildman–Crippen MR) is 152 cm³/mol. The van der Waals surface area contributed by atoms with Gasteiger partial charge in [-0.25, -0.2) is 9.07 Å². The van der Waals surface area contributed by atoms with E-state index in [2.05, 4.69) is 38.1 Å². The number of rotatable bonds is 9. The van der Waals surface area contributed by atoms with Gasteiger partial charge in [-0.15, -0.1) is 5.10 Å². The Labute approximate surface area is 232 Å². The van der Waals surface area contributed by atoms with Crippen molar-refractivity contribution >= 4 is 41.7 Å². The van der Waals surface area contributed by atoms with E-state index in [1.807, 2.05) is 38.6 Å². The third kappa shape index (κ3) is 5.39. The molecule has 1 aliphatic carbocycles. The molecule has 8 nitrogen and oxygen atoms in total. The van der Waals surface area contributed by atoms with Gasteiger partial charge in [-0.2, -0.15) is 10.5 Å². The number of nitrogens with zero attached hydrogens (tertiary/aromatic N) is 6. The maximum absolute atomic E-state index is 13.8. The van der Waals surface area contributed by atoms with Crippen LogP contribution in [0.1, 0.15) is 56.0 Å². The zero-order valence-electron chi connectivity index (χ0n) is 22.0. The number of nitrogens with one attached hydrogen (secondary N) is 2. The van der Waals surface area contributed by atoms with Gasteiger partial charge in [-0.05, 0) is 48.1 Å². The second-order valence-electron chi connectivity index (χ2n) is 10.9. The Morgan fingerprint density at radius 3 is 2.62 bits per heavy atom. The van der Waals surface area contributed by atoms with Gasteiger partial charge in [-0.1, -0.05) is 42.8 Å². The SMILES string of the molecule is BC(Nc1cc(Cl)c2ncc(C#N)c(NCC(C)(C)CC#N)c2c1)(c1ccc(F)cc1)c1cn(C2CC2)nn1. The Balaban J connectivity index is 1.60. The van der Waals surface area contributed by atoms with E-state index < -0.39 is 5.44 Å². The molecule has 0 saturated heterocycles. The van der Waals surface area contributed by atoms with Gasteiger partial charge in [-0.3, -0.25) is 4.98 Å². The fourth-order valence-electron chi connectivity index (χ4n) is 4.59. The van der Waals surface area contributed by atoms with Crippen molar-refractivity contribution in [2.75, 3.05) is 17.2 Å². The second kappa shape index (κ2) is 10.2. The predicted octanol–water partition coefficient (Wildman–Crippen LogP) is 5.12. The van der Waals surface area contributed by atoms with Crippen molar-refractivity contribution in [3.63, 3.8) is 0 Å². The summed E-state index contributed by atoms with van der Waals surface area (Å²) in [5, 5.41) is 35.9. The van der Waals surface area contributed by atoms with Crippen LogP contribution in [-0.4, -0.2) is 34.4 Å². The van der Waals surface area contributed by atoms with Crippen LogP contribution in [0.25, 0.3) is 10.9 Å². The molecular weight excluding hydrogens is 514 g/mol. The number of hydrogen-bond donors (Lipinski definition) is 2. The standard InChI is InChI=1S/C28H27BClFN8/c1-27(2,9-10-32)16-35-25-17(13-33)14-34-26-22(25)11-20(12-23(26)30)36-28(29,18-3-5-19(31)6-4-18)24-15-39(38-37-24)21-7-8-21/h3-6,11-12,14-15,21,36H,7-9,16,29H2,1-2H3,(H,34,35). The summed E-state index contributed by atoms with van der Waals surface area (Å²) in [5.41, 5.74) is 2.47. The number of fused-ring (bicyclic) bond motifs is 1. The molecule has 0 amide bonds. The number of nitriles is 2. The van der Waals surface area contributed by atoms with Crippen molar-refractivity contribution < 1.29 is 4.39 Å². The van der Waals surface area contributed by atoms with Crippen LogP contribution < -0.4 is 10.6 Å². The second-order valence-corrected chi connectivity index (χ2v) is 11.3. The topological polar surface area (TPSA) is 115 Å². The van der Waals surface area contributed by atoms with Crippen molar-refractivity contribution in [2.24, 2.45) is 5.41 Å². The lowest BCUT2D eigenvalue weighted by Crippen LogP contribution is -2.37. The zero-order valence-corrected chi connectivity index (χ0v) is 22.7. The van der Waals surface area contributed by atoms with Crippen molar-refractivity contribution in [3.8, 4) is 12.1 Å². The Bertz CT molecular complexity index is 1620. The summed E-state index contributed by atoms with van der Waals surface area (Å²) in [5.74, 6) is -0.332. The van der Waals surface area contributed by atoms with E-state index in [9.17, 15) is 14.9 Å². The fourth-order valence-corrected chi connectivity index (χ4v) is 4.86. The first kappa shape index (κ1) is 26.5. The van der Waals surface area contributed by atoms with Crippen LogP contribution in [0.4, 0.5) is 15.8 Å². The first-order chi connectivity index (χ1) is 18.6. The minimum Gasteiger partial charge on any atom is -0.383 e. The first-order valence-corrected chi connectivity index (χ1v) is 13.1. The third-order valence-electron chi connectivity index (χ3n) is 7.11. The van der Waals surface area contributed by atoms with Crippen LogP contribution in [0.15, 0.2) is 48.8 Å². The van der Waals surface area contributed by atoms with Crippen LogP contribution in [0, 0.1) is 33.9 Å². The van der Waals surface area contributed by atoms with Gasteiger partial charge in [0.25, 0.3) is 0 Å². The number of anilines is 2. The molecule has 2 N–H and O–H groups in total. The molecule has 1 atom stereocenters. The molecule has 1 aliphatic rings. The highest BCUT2D eigenvalue weighted by Gasteiger charge is 2.34. The summed E-state index contributed by atoms with van der Waals surface area (Å²) in [6, 6.07) is 14.7. The highest BCUT2D eigenvalue weighted by Crippen LogP contribution is 2.39. The molecule has 0 radical (unpaired) electrons. The summed E-state index contributed by atoms with van der Waals surface area (Å²) in [6.07, 6.45) is 5.92. The molecule has 39 heavy (non-hydrogen) atoms. The van der Waals surface area contributed by atoms with Gasteiger partial charge in [0, 0.05) is 30.2 Å². The molecule has 2 aromatic carbocycles. The first-order valence-electron chi connectivity index (χ1n) is 12.7. The highest BCUT2D eigenvalue weighted by molar-refractivity contribution is 6.36. The number of halogens is 2. The molecule has 11 heteroatoms. The van der Waals surface area contributed by atoms with E-state index >= 15 is 0 Å². The number of hydrogen-bond acceptors (Lipinski definition) is 7. The van der Waals surface area contributed by atoms with Crippen LogP contribution in [-0.2, 0) is 5.44 Å². The van der Waals surface area contributed by atoms with Gasteiger partial charge in [0.1, 0.15) is 25.4 Å². The summed E-state index contributed by atoms with van der Waals surface area (Å²) in [6.45, 7) is 4.45. The molecule has 1 unspecified atom stereocenters. The molecule has 5 rings (SSSR count). The average Bonchev–Trinajstić information content (AvgIpc) is 3.63. The molecule has 0 aliphatic heterocycles. The van der Waals surface area contributed by atoms with Crippen molar-refractivity contribution in [1.29, 1.82) is 10.5 Å². The van der Waals surface area contributed by atoms with Gasteiger partial charge in [0.05, 0.1) is 45.5 Å². The smallest absolute Gasteiger partial charge is 0.148 e. The number of benzene rings is 2. The van der Waals surface area contributed by atoms with E-state index in [0.29, 0.717) is 57.6 Å². The Hall–Kier alpha value is -4.15. The summed E-state index contributed by atoms with van der Waals surface area (Å²) >= 11 is 6.73. The molecule has 0 spiro atoms. The van der Waals surface area contributed by atoms with Crippen LogP contribution in [0.2, 0.25) is 5.02 Å². The minimum atomic E-state index is -0.875. The monoisotopic (exact) mass is 540 g/mol. The average molecular weight is 541 g/mol. The highest BCUT2D eigenvalue weighted by atomic mass is 35.5. The Kier molecular flexibility index (Phi) is 6.92. The Morgan fingerprint density at radius 1 is 1.21 bits per heavy atom. The number of pyridine rings is 1. The van der Waals surface area contributed by atoms with E-state index in [4.69, 9.17) is 11.6 Å². The molecule has 1 fully saturated rings. The maximum Gasteiger partial charge on any atom is 0.148 e. The van der Waals surface area contributed by atoms with Gasteiger partial charge < -0.3 is 10.6 Å². The van der Waals surface area contributed by atoms with Gasteiger partial charge in [0.2, 0.25) is 0 Å². The number of aromatic nitrogens is 4. The summed E-state index contributed by atoms with van der Waals surface area (Å²) < 4.78 is 15.7. The minimum absolute atomic E-state index is 0.314. The quantitative estimate of drug-likeness (QED) is 0.283. The largest absolute Gasteiger partial charge is 0.383 e. The van der Waals surface area contributed by atoms with Crippen molar-refractivity contribution in [2.45, 2.75) is 44.6 Å². The normalized spacial score (nSPS) is 14.8. The molecule has 196 valence electrons. The van der Waals surface area contributed by atoms with Crippen molar-refractivity contribution in [1.82, 2.24) is 20.0 Å². The molecule has 1 saturated carbocycles. The zero-order chi connectivity index (χ0) is 27.8. The van der Waals surface area contributed by atoms with E-state index in [0.717, 1.165) is 18.4 Å². The lowest BCUT2D eigenvalue weighted by Gasteiger charge is -2.31. The molecule has 0 bridgehead atoms. The molecule has 2 aromatic heterocycles. The fraction of sp³-hybridized carbons (Fsp3) is 0.321. The van der Waals surface area contributed by atoms with Gasteiger partial charge in [0.15, 0.2) is 0 Å². The van der Waals surface area contributed by atoms with Crippen LogP contribution in [0.5, 0.6) is 0 Å². The third-order valence-corrected chi connectivity index (χ3v) is 7.39. The van der Waals surface area contributed by atoms with Gasteiger partial charge >= 0.3 is 0 Å². The molecular formula is C28H27BClFN8. The Morgan fingerprint density at radius 2 is 1.95 bits per heavy atom. The molecule has 4 aromatic rings. The summed E-state index contributed by atoms with van der Waals surface area (Å²) in [4.78, 5) is 4.44. The molecule has 2 heterocycles. The van der Waals surface area contributed by atoms with Crippen LogP contribution >= 0.6 is 11.6 Å². The lowest BCUT2D eigenvalue weighted by molar-refractivity contribution is 0.403. The van der Waals surface area contributed by atoms with Crippen molar-refractivity contribution in [3.05, 3.63) is 76.5 Å². The summed E-state index contributed by atoms with van der Waals surface area (Å²) in [7, 11) is 1.97. The maximum atomic E-state index is 13.8. The van der Waals surface area contributed by atoms with E-state index in [-0.39, 0.29) is 11.2 Å². The van der Waals surface area contributed by atoms with Crippen LogP contribution in [0.3, 0.4) is 0 Å². The van der Waals surface area contributed by atoms with E-state index in [1.165, 1.54) is 18.3 Å². The lowest BCUT2D eigenvalue weighted by atomic mass is 9.69.